The van der Waals surface area contributed by atoms with Gasteiger partial charge in [-0.25, -0.2) is 12.8 Å². The average Bonchev–Trinajstić information content (AvgIpc) is 2.44. The molecule has 21 heavy (non-hydrogen) atoms. The highest BCUT2D eigenvalue weighted by Crippen LogP contribution is 2.15. The summed E-state index contributed by atoms with van der Waals surface area (Å²) in [5.41, 5.74) is 5.81. The topological polar surface area (TPSA) is 80.5 Å². The number of amides is 1. The standard InChI is InChI=1S/C14H15FN2O3S/c15-12-3-4-13(11(10-12)2-1-5-16)14(18)17-6-8-21(19,20)9-7-17/h3-4,10H,5-9,16H2. The molecule has 0 aromatic heterocycles. The molecule has 1 heterocycles. The summed E-state index contributed by atoms with van der Waals surface area (Å²) >= 11 is 0. The Morgan fingerprint density at radius 1 is 1.33 bits per heavy atom. The summed E-state index contributed by atoms with van der Waals surface area (Å²) in [5.74, 6) is 4.32. The zero-order chi connectivity index (χ0) is 15.5. The molecule has 0 spiro atoms. The lowest BCUT2D eigenvalue weighted by Crippen LogP contribution is -2.43. The predicted molar refractivity (Wildman–Crippen MR) is 76.9 cm³/mol. The van der Waals surface area contributed by atoms with Gasteiger partial charge < -0.3 is 10.6 Å². The van der Waals surface area contributed by atoms with E-state index < -0.39 is 15.7 Å². The van der Waals surface area contributed by atoms with Crippen LogP contribution in [-0.4, -0.2) is 50.4 Å². The summed E-state index contributed by atoms with van der Waals surface area (Å²) in [6, 6.07) is 3.72. The highest BCUT2D eigenvalue weighted by Gasteiger charge is 2.26. The quantitative estimate of drug-likeness (QED) is 0.741. The van der Waals surface area contributed by atoms with Crippen LogP contribution < -0.4 is 5.73 Å². The first-order valence-electron chi connectivity index (χ1n) is 6.41. The first-order chi connectivity index (χ1) is 9.93. The maximum atomic E-state index is 13.3. The van der Waals surface area contributed by atoms with Crippen molar-refractivity contribution in [1.29, 1.82) is 0 Å². The van der Waals surface area contributed by atoms with Crippen molar-refractivity contribution in [3.8, 4) is 11.8 Å². The van der Waals surface area contributed by atoms with Crippen molar-refractivity contribution >= 4 is 15.7 Å². The van der Waals surface area contributed by atoms with E-state index in [4.69, 9.17) is 5.73 Å². The molecule has 1 fully saturated rings. The number of halogens is 1. The summed E-state index contributed by atoms with van der Waals surface area (Å²) < 4.78 is 36.0. The molecule has 2 N–H and O–H groups in total. The number of hydrogen-bond acceptors (Lipinski definition) is 4. The molecule has 2 rings (SSSR count). The fraction of sp³-hybridized carbons (Fsp3) is 0.357. The summed E-state index contributed by atoms with van der Waals surface area (Å²) in [6.45, 7) is 0.386. The Bertz CT molecular complexity index is 705. The fourth-order valence-corrected chi connectivity index (χ4v) is 3.24. The van der Waals surface area contributed by atoms with E-state index in [2.05, 4.69) is 11.8 Å². The Morgan fingerprint density at radius 3 is 2.62 bits per heavy atom. The molecule has 0 radical (unpaired) electrons. The number of carbonyl (C=O) groups is 1. The number of benzene rings is 1. The predicted octanol–water partition coefficient (Wildman–Crippen LogP) is 0.00650. The van der Waals surface area contributed by atoms with Crippen LogP contribution in [0.1, 0.15) is 15.9 Å². The number of nitrogens with zero attached hydrogens (tertiary/aromatic N) is 1. The maximum absolute atomic E-state index is 13.3. The van der Waals surface area contributed by atoms with E-state index in [1.54, 1.807) is 0 Å². The van der Waals surface area contributed by atoms with Crippen LogP contribution in [0.4, 0.5) is 4.39 Å². The van der Waals surface area contributed by atoms with Gasteiger partial charge in [0.15, 0.2) is 9.84 Å². The third-order valence-electron chi connectivity index (χ3n) is 3.17. The first-order valence-corrected chi connectivity index (χ1v) is 8.23. The number of sulfone groups is 1. The molecule has 0 saturated carbocycles. The summed E-state index contributed by atoms with van der Waals surface area (Å²) in [7, 11) is -3.06. The van der Waals surface area contributed by atoms with Gasteiger partial charge >= 0.3 is 0 Å². The van der Waals surface area contributed by atoms with Crippen molar-refractivity contribution < 1.29 is 17.6 Å². The smallest absolute Gasteiger partial charge is 0.255 e. The van der Waals surface area contributed by atoms with Gasteiger partial charge in [-0.05, 0) is 18.2 Å². The van der Waals surface area contributed by atoms with Gasteiger partial charge in [-0.1, -0.05) is 11.8 Å². The van der Waals surface area contributed by atoms with Crippen molar-refractivity contribution in [3.05, 3.63) is 35.1 Å². The van der Waals surface area contributed by atoms with E-state index in [9.17, 15) is 17.6 Å². The summed E-state index contributed by atoms with van der Waals surface area (Å²) in [4.78, 5) is 13.9. The lowest BCUT2D eigenvalue weighted by atomic mass is 10.1. The summed E-state index contributed by atoms with van der Waals surface area (Å²) in [5, 5.41) is 0. The first kappa shape index (κ1) is 15.5. The molecular weight excluding hydrogens is 295 g/mol. The number of nitrogens with two attached hydrogens (primary N) is 1. The fourth-order valence-electron chi connectivity index (χ4n) is 2.04. The lowest BCUT2D eigenvalue weighted by molar-refractivity contribution is 0.0770. The minimum Gasteiger partial charge on any atom is -0.337 e. The van der Waals surface area contributed by atoms with Crippen LogP contribution in [0.2, 0.25) is 0 Å². The second kappa shape index (κ2) is 6.24. The van der Waals surface area contributed by atoms with E-state index in [1.165, 1.54) is 23.1 Å². The molecule has 0 atom stereocenters. The molecule has 1 aromatic carbocycles. The third-order valence-corrected chi connectivity index (χ3v) is 4.78. The molecule has 0 aliphatic carbocycles. The molecule has 1 aliphatic heterocycles. The molecular formula is C14H15FN2O3S. The molecule has 1 aliphatic rings. The second-order valence-electron chi connectivity index (χ2n) is 4.64. The number of hydrogen-bond donors (Lipinski definition) is 1. The Hall–Kier alpha value is -1.91. The van der Waals surface area contributed by atoms with Crippen LogP contribution in [-0.2, 0) is 9.84 Å². The van der Waals surface area contributed by atoms with E-state index in [0.29, 0.717) is 0 Å². The highest BCUT2D eigenvalue weighted by molar-refractivity contribution is 7.91. The monoisotopic (exact) mass is 310 g/mol. The zero-order valence-electron chi connectivity index (χ0n) is 11.3. The van der Waals surface area contributed by atoms with Crippen molar-refractivity contribution in [3.63, 3.8) is 0 Å². The lowest BCUT2D eigenvalue weighted by Gasteiger charge is -2.27. The zero-order valence-corrected chi connectivity index (χ0v) is 12.1. The molecule has 5 nitrogen and oxygen atoms in total. The highest BCUT2D eigenvalue weighted by atomic mass is 32.2. The Balaban J connectivity index is 2.27. The van der Waals surface area contributed by atoms with Crippen molar-refractivity contribution in [2.24, 2.45) is 5.73 Å². The van der Waals surface area contributed by atoms with E-state index >= 15 is 0 Å². The second-order valence-corrected chi connectivity index (χ2v) is 6.94. The van der Waals surface area contributed by atoms with Gasteiger partial charge in [-0.3, -0.25) is 4.79 Å². The van der Waals surface area contributed by atoms with Crippen molar-refractivity contribution in [1.82, 2.24) is 4.90 Å². The summed E-state index contributed by atoms with van der Waals surface area (Å²) in [6.07, 6.45) is 0. The van der Waals surface area contributed by atoms with Gasteiger partial charge in [-0.15, -0.1) is 0 Å². The molecule has 1 amide bonds. The number of rotatable bonds is 1. The maximum Gasteiger partial charge on any atom is 0.255 e. The van der Waals surface area contributed by atoms with Gasteiger partial charge in [0, 0.05) is 18.7 Å². The van der Waals surface area contributed by atoms with Crippen LogP contribution in [0.5, 0.6) is 0 Å². The van der Waals surface area contributed by atoms with Crippen molar-refractivity contribution in [2.75, 3.05) is 31.1 Å². The van der Waals surface area contributed by atoms with Crippen LogP contribution >= 0.6 is 0 Å². The van der Waals surface area contributed by atoms with Gasteiger partial charge in [-0.2, -0.15) is 0 Å². The van der Waals surface area contributed by atoms with Gasteiger partial charge in [0.1, 0.15) is 5.82 Å². The Morgan fingerprint density at radius 2 is 2.00 bits per heavy atom. The van der Waals surface area contributed by atoms with E-state index in [1.807, 2.05) is 0 Å². The van der Waals surface area contributed by atoms with Gasteiger partial charge in [0.25, 0.3) is 5.91 Å². The van der Waals surface area contributed by atoms with Gasteiger partial charge in [0.2, 0.25) is 0 Å². The normalized spacial score (nSPS) is 17.0. The molecule has 1 aromatic rings. The minimum atomic E-state index is -3.06. The largest absolute Gasteiger partial charge is 0.337 e. The SMILES string of the molecule is NCC#Cc1cc(F)ccc1C(=O)N1CCS(=O)(=O)CC1. The van der Waals surface area contributed by atoms with Crippen molar-refractivity contribution in [2.45, 2.75) is 0 Å². The number of carbonyl (C=O) groups excluding carboxylic acids is 1. The van der Waals surface area contributed by atoms with E-state index in [-0.39, 0.29) is 48.2 Å². The molecule has 1 saturated heterocycles. The van der Waals surface area contributed by atoms with Crippen LogP contribution in [0.25, 0.3) is 0 Å². The minimum absolute atomic E-state index is 0.0518. The van der Waals surface area contributed by atoms with Gasteiger partial charge in [0.05, 0.1) is 23.6 Å². The Kier molecular flexibility index (Phi) is 4.60. The van der Waals surface area contributed by atoms with Crippen LogP contribution in [0.15, 0.2) is 18.2 Å². The van der Waals surface area contributed by atoms with Crippen LogP contribution in [0, 0.1) is 17.7 Å². The molecule has 0 unspecified atom stereocenters. The molecule has 0 bridgehead atoms. The Labute approximate surface area is 122 Å². The van der Waals surface area contributed by atoms with E-state index in [0.717, 1.165) is 0 Å². The average molecular weight is 310 g/mol. The molecule has 7 heteroatoms. The van der Waals surface area contributed by atoms with Crippen LogP contribution in [0.3, 0.4) is 0 Å². The third kappa shape index (κ3) is 3.80. The molecule has 112 valence electrons.